The van der Waals surface area contributed by atoms with Crippen LogP contribution in [0.1, 0.15) is 72.1 Å². The van der Waals surface area contributed by atoms with E-state index < -0.39 is 117 Å². The first-order valence-electron chi connectivity index (χ1n) is 16.7. The van der Waals surface area contributed by atoms with Crippen molar-refractivity contribution in [2.24, 2.45) is 39.9 Å². The van der Waals surface area contributed by atoms with Gasteiger partial charge in [0.2, 0.25) is 0 Å². The number of hydrogen-bond donors (Lipinski definition) is 6. The van der Waals surface area contributed by atoms with Crippen LogP contribution in [0.4, 0.5) is 0 Å². The highest BCUT2D eigenvalue weighted by Gasteiger charge is 2.72. The van der Waals surface area contributed by atoms with Gasteiger partial charge in [0.1, 0.15) is 12.2 Å². The highest BCUT2D eigenvalue weighted by Crippen LogP contribution is 2.72. The lowest BCUT2D eigenvalue weighted by atomic mass is 9.40. The average molecular weight is 771 g/mol. The van der Waals surface area contributed by atoms with Crippen LogP contribution in [0.5, 0.6) is 0 Å². The fraction of sp³-hybridized carbons (Fsp3) is 0.839. The number of ether oxygens (including phenoxy) is 3. The van der Waals surface area contributed by atoms with Gasteiger partial charge in [0.25, 0.3) is 0 Å². The number of aliphatic hydroxyl groups is 2. The summed E-state index contributed by atoms with van der Waals surface area (Å²) in [7, 11) is -11.0. The summed E-state index contributed by atoms with van der Waals surface area (Å²) in [5.74, 6) is -5.84. The van der Waals surface area contributed by atoms with Gasteiger partial charge < -0.3 is 34.6 Å². The van der Waals surface area contributed by atoms with E-state index in [1.807, 2.05) is 0 Å². The molecule has 10 unspecified atom stereocenters. The molecule has 51 heavy (non-hydrogen) atoms. The van der Waals surface area contributed by atoms with Crippen molar-refractivity contribution in [1.29, 1.82) is 0 Å². The molecule has 12 atom stereocenters. The molecule has 4 aliphatic carbocycles. The third-order valence-electron chi connectivity index (χ3n) is 12.0. The molecule has 20 heteroatoms. The van der Waals surface area contributed by atoms with E-state index in [0.717, 1.165) is 0 Å². The van der Waals surface area contributed by atoms with Crippen LogP contribution in [-0.4, -0.2) is 114 Å². The maximum Gasteiger partial charge on any atom is 0.397 e. The first-order chi connectivity index (χ1) is 23.5. The zero-order valence-corrected chi connectivity index (χ0v) is 30.0. The topological polar surface area (TPSA) is 287 Å². The van der Waals surface area contributed by atoms with Gasteiger partial charge in [-0.3, -0.25) is 23.5 Å². The zero-order chi connectivity index (χ0) is 38.1. The first-order valence-corrected chi connectivity index (χ1v) is 19.5. The molecular weight excluding hydrogens is 724 g/mol. The Labute approximate surface area is 295 Å². The molecular formula is C31H46O18S2. The van der Waals surface area contributed by atoms with Crippen LogP contribution in [-0.2, 0) is 57.8 Å². The molecule has 0 aromatic heterocycles. The molecule has 2 bridgehead atoms. The second-order valence-electron chi connectivity index (χ2n) is 15.3. The van der Waals surface area contributed by atoms with Crippen LogP contribution < -0.4 is 0 Å². The van der Waals surface area contributed by atoms with Crippen molar-refractivity contribution in [3.63, 3.8) is 0 Å². The number of aliphatic carboxylic acids is 2. The molecule has 1 aliphatic heterocycles. The van der Waals surface area contributed by atoms with Crippen LogP contribution >= 0.6 is 0 Å². The molecule has 290 valence electrons. The molecule has 5 rings (SSSR count). The minimum atomic E-state index is -5.51. The lowest BCUT2D eigenvalue weighted by Gasteiger charge is -2.64. The summed E-state index contributed by atoms with van der Waals surface area (Å²) in [4.78, 5) is 39.3. The van der Waals surface area contributed by atoms with Crippen molar-refractivity contribution in [3.05, 3.63) is 12.2 Å². The number of aliphatic hydroxyl groups excluding tert-OH is 2. The van der Waals surface area contributed by atoms with E-state index in [1.54, 1.807) is 20.8 Å². The monoisotopic (exact) mass is 770 g/mol. The Kier molecular flexibility index (Phi) is 10.8. The maximum atomic E-state index is 13.1. The Balaban J connectivity index is 1.59. The van der Waals surface area contributed by atoms with Gasteiger partial charge >= 0.3 is 38.7 Å². The van der Waals surface area contributed by atoms with Gasteiger partial charge in [0.15, 0.2) is 23.9 Å². The molecule has 1 heterocycles. The Morgan fingerprint density at radius 2 is 1.53 bits per heavy atom. The third-order valence-corrected chi connectivity index (χ3v) is 12.9. The summed E-state index contributed by atoms with van der Waals surface area (Å²) in [5.41, 5.74) is -3.52. The normalized spacial score (nSPS) is 40.7. The predicted octanol–water partition coefficient (Wildman–Crippen LogP) is 1.12. The second-order valence-corrected chi connectivity index (χ2v) is 17.4. The SMILES string of the molecule is C=C1C2CCC3[C@]4(C)CC(OC5OC(CO)C(OS(=O)(=O)O)C(OS(=O)(=O)O)C5OC(=O)CC(C)C)CC(C(=O)O)(C(=O)O)C4CC[C@@]3(C2)C1O. The van der Waals surface area contributed by atoms with Crippen LogP contribution in [0.2, 0.25) is 0 Å². The van der Waals surface area contributed by atoms with E-state index in [9.17, 15) is 60.8 Å². The van der Waals surface area contributed by atoms with E-state index in [0.29, 0.717) is 31.3 Å². The minimum Gasteiger partial charge on any atom is -0.480 e. The lowest BCUT2D eigenvalue weighted by Crippen LogP contribution is -2.67. The molecule has 0 amide bonds. The van der Waals surface area contributed by atoms with Crippen LogP contribution in [0.15, 0.2) is 12.2 Å². The minimum absolute atomic E-state index is 0.00133. The summed E-state index contributed by atoms with van der Waals surface area (Å²) >= 11 is 0. The molecule has 1 spiro atoms. The summed E-state index contributed by atoms with van der Waals surface area (Å²) in [5, 5.41) is 42.9. The van der Waals surface area contributed by atoms with E-state index >= 15 is 0 Å². The number of rotatable bonds is 12. The van der Waals surface area contributed by atoms with E-state index in [1.165, 1.54) is 0 Å². The number of hydrogen-bond acceptors (Lipinski definition) is 14. The number of carboxylic acid groups (broad SMARTS) is 2. The van der Waals surface area contributed by atoms with Gasteiger partial charge in [-0.15, -0.1) is 0 Å². The van der Waals surface area contributed by atoms with Crippen LogP contribution in [0.25, 0.3) is 0 Å². The quantitative estimate of drug-likeness (QED) is 0.0533. The number of fused-ring (bicyclic) bond motifs is 3. The lowest BCUT2D eigenvalue weighted by molar-refractivity contribution is -0.318. The average Bonchev–Trinajstić information content (AvgIpc) is 3.16. The molecule has 5 fully saturated rings. The Bertz CT molecular complexity index is 1610. The number of esters is 1. The molecule has 4 saturated carbocycles. The van der Waals surface area contributed by atoms with Crippen molar-refractivity contribution in [1.82, 2.24) is 0 Å². The fourth-order valence-corrected chi connectivity index (χ4v) is 11.3. The van der Waals surface area contributed by atoms with Crippen molar-refractivity contribution >= 4 is 38.7 Å². The summed E-state index contributed by atoms with van der Waals surface area (Å²) in [6.45, 7) is 8.03. The van der Waals surface area contributed by atoms with E-state index in [2.05, 4.69) is 10.8 Å². The molecule has 18 nitrogen and oxygen atoms in total. The maximum absolute atomic E-state index is 13.1. The number of carbonyl (C=O) groups is 3. The first kappa shape index (κ1) is 39.9. The Morgan fingerprint density at radius 3 is 2.08 bits per heavy atom. The zero-order valence-electron chi connectivity index (χ0n) is 28.3. The van der Waals surface area contributed by atoms with Crippen molar-refractivity contribution in [3.8, 4) is 0 Å². The number of carboxylic acids is 2. The fourth-order valence-electron chi connectivity index (χ4n) is 10.3. The van der Waals surface area contributed by atoms with Crippen molar-refractivity contribution in [2.75, 3.05) is 6.61 Å². The molecule has 0 radical (unpaired) electrons. The van der Waals surface area contributed by atoms with Gasteiger partial charge in [-0.2, -0.15) is 16.8 Å². The molecule has 6 N–H and O–H groups in total. The Hall–Kier alpha value is -2.27. The molecule has 5 aliphatic rings. The molecule has 0 aromatic rings. The van der Waals surface area contributed by atoms with Gasteiger partial charge in [-0.1, -0.05) is 27.4 Å². The smallest absolute Gasteiger partial charge is 0.397 e. The van der Waals surface area contributed by atoms with Gasteiger partial charge in [-0.05, 0) is 73.2 Å². The van der Waals surface area contributed by atoms with Crippen molar-refractivity contribution in [2.45, 2.75) is 115 Å². The third kappa shape index (κ3) is 7.20. The molecule has 0 aromatic carbocycles. The summed E-state index contributed by atoms with van der Waals surface area (Å²) in [6.07, 6.45) is -11.5. The van der Waals surface area contributed by atoms with Gasteiger partial charge in [0.05, 0.1) is 18.8 Å². The van der Waals surface area contributed by atoms with Crippen LogP contribution in [0, 0.1) is 39.9 Å². The standard InChI is InChI=1S/C31H46O18S2/c1-14(2)9-21(33)47-24-23(49-51(42,43)44)22(48-50(39,40)41)18(13-32)46-26(24)45-17-11-29(4)19-6-5-16-10-30(19,25(34)15(16)3)8-7-20(29)31(12-17,27(35)36)28(37)38/h14,16-20,22-26,32,34H,3,5-13H2,1-2,4H3,(H,35,36)(H,37,38)(H,39,40,41)(H,42,43,44)/t16?,17?,18?,19?,20?,22?,23?,24?,25?,26?,29-,30-/m0/s1. The predicted molar refractivity (Wildman–Crippen MR) is 169 cm³/mol. The van der Waals surface area contributed by atoms with Gasteiger partial charge in [-0.25, -0.2) is 8.37 Å². The Morgan fingerprint density at radius 1 is 0.922 bits per heavy atom. The second kappa shape index (κ2) is 13.9. The van der Waals surface area contributed by atoms with Crippen molar-refractivity contribution < 1.29 is 83.3 Å². The summed E-state index contributed by atoms with van der Waals surface area (Å²) < 4.78 is 93.4. The largest absolute Gasteiger partial charge is 0.480 e. The highest BCUT2D eigenvalue weighted by atomic mass is 32.3. The van der Waals surface area contributed by atoms with E-state index in [4.69, 9.17) is 18.4 Å². The van der Waals surface area contributed by atoms with Gasteiger partial charge in [0, 0.05) is 18.3 Å². The van der Waals surface area contributed by atoms with Crippen LogP contribution in [0.3, 0.4) is 0 Å². The number of carbonyl (C=O) groups excluding carboxylic acids is 1. The molecule has 1 saturated heterocycles. The summed E-state index contributed by atoms with van der Waals surface area (Å²) in [6, 6.07) is 0. The van der Waals surface area contributed by atoms with E-state index in [-0.39, 0.29) is 37.0 Å². The highest BCUT2D eigenvalue weighted by molar-refractivity contribution is 7.81.